The van der Waals surface area contributed by atoms with Crippen LogP contribution in [0.3, 0.4) is 0 Å². The van der Waals surface area contributed by atoms with E-state index in [0.29, 0.717) is 18.1 Å². The molecule has 1 aliphatic heterocycles. The van der Waals surface area contributed by atoms with Gasteiger partial charge in [-0.3, -0.25) is 4.90 Å². The van der Waals surface area contributed by atoms with E-state index < -0.39 is 0 Å². The maximum absolute atomic E-state index is 5.56. The average molecular weight is 290 g/mol. The van der Waals surface area contributed by atoms with Crippen LogP contribution in [0.1, 0.15) is 30.0 Å². The number of hydrogen-bond donors (Lipinski definition) is 1. The zero-order valence-electron chi connectivity index (χ0n) is 13.3. The van der Waals surface area contributed by atoms with Gasteiger partial charge in [0.05, 0.1) is 13.7 Å². The van der Waals surface area contributed by atoms with E-state index in [1.807, 2.05) is 0 Å². The van der Waals surface area contributed by atoms with Crippen molar-refractivity contribution < 1.29 is 9.47 Å². The standard InChI is InChI=1S/C17H26N2O2/c1-18-17-15-6-5-14(20-3)10-12(15)4-7-16(17)19(2)13-8-9-21-11-13/h5-6,10,13,16-18H,4,7-9,11H2,1-3H3. The Labute approximate surface area is 127 Å². The molecule has 3 atom stereocenters. The van der Waals surface area contributed by atoms with Crippen LogP contribution in [-0.2, 0) is 11.2 Å². The second-order valence-electron chi connectivity index (χ2n) is 6.12. The largest absolute Gasteiger partial charge is 0.497 e. The summed E-state index contributed by atoms with van der Waals surface area (Å²) in [6.45, 7) is 1.78. The van der Waals surface area contributed by atoms with E-state index in [-0.39, 0.29) is 0 Å². The quantitative estimate of drug-likeness (QED) is 0.919. The molecule has 4 nitrogen and oxygen atoms in total. The molecule has 1 heterocycles. The number of likely N-dealkylation sites (N-methyl/N-ethyl adjacent to an activating group) is 2. The molecule has 3 unspecified atom stereocenters. The lowest BCUT2D eigenvalue weighted by atomic mass is 9.82. The number of aryl methyl sites for hydroxylation is 1. The molecule has 0 spiro atoms. The summed E-state index contributed by atoms with van der Waals surface area (Å²) in [5, 5.41) is 3.53. The highest BCUT2D eigenvalue weighted by Gasteiger charge is 2.35. The Bertz CT molecular complexity index is 486. The SMILES string of the molecule is CNC1c2ccc(OC)cc2CCC1N(C)C1CCOC1. The lowest BCUT2D eigenvalue weighted by molar-refractivity contribution is 0.105. The first-order valence-electron chi connectivity index (χ1n) is 7.88. The molecule has 1 N–H and O–H groups in total. The molecule has 3 rings (SSSR count). The van der Waals surface area contributed by atoms with E-state index in [2.05, 4.69) is 42.5 Å². The smallest absolute Gasteiger partial charge is 0.119 e. The van der Waals surface area contributed by atoms with Gasteiger partial charge in [-0.2, -0.15) is 0 Å². The summed E-state index contributed by atoms with van der Waals surface area (Å²) in [6.07, 6.45) is 3.45. The zero-order valence-corrected chi connectivity index (χ0v) is 13.3. The molecule has 1 aromatic carbocycles. The van der Waals surface area contributed by atoms with E-state index in [1.165, 1.54) is 17.5 Å². The van der Waals surface area contributed by atoms with Crippen molar-refractivity contribution in [3.63, 3.8) is 0 Å². The first-order chi connectivity index (χ1) is 10.2. The van der Waals surface area contributed by atoms with Crippen molar-refractivity contribution in [2.75, 3.05) is 34.4 Å². The van der Waals surface area contributed by atoms with Gasteiger partial charge in [-0.05, 0) is 56.6 Å². The third-order valence-corrected chi connectivity index (χ3v) is 5.10. The number of nitrogens with zero attached hydrogens (tertiary/aromatic N) is 1. The summed E-state index contributed by atoms with van der Waals surface area (Å²) >= 11 is 0. The number of benzene rings is 1. The topological polar surface area (TPSA) is 33.7 Å². The molecule has 21 heavy (non-hydrogen) atoms. The minimum absolute atomic E-state index is 0.380. The first kappa shape index (κ1) is 14.8. The molecule has 1 aromatic rings. The summed E-state index contributed by atoms with van der Waals surface area (Å²) in [4.78, 5) is 2.53. The van der Waals surface area contributed by atoms with Gasteiger partial charge in [0.2, 0.25) is 0 Å². The van der Waals surface area contributed by atoms with Gasteiger partial charge in [0.25, 0.3) is 0 Å². The molecule has 2 aliphatic rings. The lowest BCUT2D eigenvalue weighted by Crippen LogP contribution is -2.49. The molecule has 1 fully saturated rings. The fraction of sp³-hybridized carbons (Fsp3) is 0.647. The van der Waals surface area contributed by atoms with Gasteiger partial charge >= 0.3 is 0 Å². The maximum atomic E-state index is 5.56. The molecular formula is C17H26N2O2. The van der Waals surface area contributed by atoms with Crippen molar-refractivity contribution in [2.24, 2.45) is 0 Å². The van der Waals surface area contributed by atoms with E-state index >= 15 is 0 Å². The Morgan fingerprint density at radius 2 is 2.19 bits per heavy atom. The Kier molecular flexibility index (Phi) is 4.48. The van der Waals surface area contributed by atoms with Crippen LogP contribution in [0, 0.1) is 0 Å². The van der Waals surface area contributed by atoms with Gasteiger partial charge in [0, 0.05) is 24.7 Å². The van der Waals surface area contributed by atoms with Crippen LogP contribution in [0.25, 0.3) is 0 Å². The molecule has 116 valence electrons. The van der Waals surface area contributed by atoms with Crippen LogP contribution in [0.15, 0.2) is 18.2 Å². The summed E-state index contributed by atoms with van der Waals surface area (Å²) < 4.78 is 10.9. The molecule has 0 radical (unpaired) electrons. The van der Waals surface area contributed by atoms with Gasteiger partial charge in [-0.15, -0.1) is 0 Å². The molecule has 0 aromatic heterocycles. The van der Waals surface area contributed by atoms with Crippen LogP contribution in [-0.4, -0.2) is 51.4 Å². The summed E-state index contributed by atoms with van der Waals surface area (Å²) in [5.74, 6) is 0.958. The van der Waals surface area contributed by atoms with Crippen LogP contribution < -0.4 is 10.1 Å². The number of nitrogens with one attached hydrogen (secondary N) is 1. The number of rotatable bonds is 4. The van der Waals surface area contributed by atoms with E-state index in [1.54, 1.807) is 7.11 Å². The number of methoxy groups -OCH3 is 1. The fourth-order valence-electron chi connectivity index (χ4n) is 3.81. The number of ether oxygens (including phenoxy) is 2. The second-order valence-corrected chi connectivity index (χ2v) is 6.12. The molecular weight excluding hydrogens is 264 g/mol. The predicted molar refractivity (Wildman–Crippen MR) is 83.9 cm³/mol. The predicted octanol–water partition coefficient (Wildman–Crippen LogP) is 1.99. The third-order valence-electron chi connectivity index (χ3n) is 5.10. The monoisotopic (exact) mass is 290 g/mol. The van der Waals surface area contributed by atoms with E-state index in [0.717, 1.165) is 31.8 Å². The number of fused-ring (bicyclic) bond motifs is 1. The van der Waals surface area contributed by atoms with Crippen LogP contribution in [0.2, 0.25) is 0 Å². The lowest BCUT2D eigenvalue weighted by Gasteiger charge is -2.41. The second kappa shape index (κ2) is 6.34. The summed E-state index contributed by atoms with van der Waals surface area (Å²) in [5.41, 5.74) is 2.83. The van der Waals surface area contributed by atoms with Gasteiger partial charge in [0.15, 0.2) is 0 Å². The summed E-state index contributed by atoms with van der Waals surface area (Å²) in [7, 11) is 6.05. The van der Waals surface area contributed by atoms with Gasteiger partial charge < -0.3 is 14.8 Å². The Balaban J connectivity index is 1.84. The van der Waals surface area contributed by atoms with Crippen molar-refractivity contribution >= 4 is 0 Å². The minimum atomic E-state index is 0.380. The molecule has 1 aliphatic carbocycles. The normalized spacial score (nSPS) is 28.7. The molecule has 0 amide bonds. The van der Waals surface area contributed by atoms with Crippen molar-refractivity contribution in [2.45, 2.75) is 37.4 Å². The molecule has 4 heteroatoms. The van der Waals surface area contributed by atoms with Crippen molar-refractivity contribution in [1.82, 2.24) is 10.2 Å². The van der Waals surface area contributed by atoms with Crippen molar-refractivity contribution in [1.29, 1.82) is 0 Å². The number of hydrogen-bond acceptors (Lipinski definition) is 4. The summed E-state index contributed by atoms with van der Waals surface area (Å²) in [6, 6.07) is 7.96. The van der Waals surface area contributed by atoms with Crippen LogP contribution >= 0.6 is 0 Å². The first-order valence-corrected chi connectivity index (χ1v) is 7.88. The van der Waals surface area contributed by atoms with Gasteiger partial charge in [-0.25, -0.2) is 0 Å². The van der Waals surface area contributed by atoms with Gasteiger partial charge in [0.1, 0.15) is 5.75 Å². The minimum Gasteiger partial charge on any atom is -0.497 e. The molecule has 0 bridgehead atoms. The molecule has 1 saturated heterocycles. The Morgan fingerprint density at radius 1 is 1.33 bits per heavy atom. The highest BCUT2D eigenvalue weighted by atomic mass is 16.5. The molecule has 0 saturated carbocycles. The highest BCUT2D eigenvalue weighted by molar-refractivity contribution is 5.40. The van der Waals surface area contributed by atoms with Crippen LogP contribution in [0.4, 0.5) is 0 Å². The fourth-order valence-corrected chi connectivity index (χ4v) is 3.81. The Morgan fingerprint density at radius 3 is 2.86 bits per heavy atom. The van der Waals surface area contributed by atoms with Crippen LogP contribution in [0.5, 0.6) is 5.75 Å². The average Bonchev–Trinajstić information content (AvgIpc) is 3.06. The zero-order chi connectivity index (χ0) is 14.8. The van der Waals surface area contributed by atoms with E-state index in [9.17, 15) is 0 Å². The van der Waals surface area contributed by atoms with Crippen molar-refractivity contribution in [3.8, 4) is 5.75 Å². The Hall–Kier alpha value is -1.10. The highest BCUT2D eigenvalue weighted by Crippen LogP contribution is 2.35. The van der Waals surface area contributed by atoms with E-state index in [4.69, 9.17) is 9.47 Å². The van der Waals surface area contributed by atoms with Gasteiger partial charge in [-0.1, -0.05) is 6.07 Å². The third kappa shape index (κ3) is 2.80. The maximum Gasteiger partial charge on any atom is 0.119 e. The van der Waals surface area contributed by atoms with Crippen molar-refractivity contribution in [3.05, 3.63) is 29.3 Å².